The molecule has 1 aliphatic heterocycles. The lowest BCUT2D eigenvalue weighted by atomic mass is 9.60. The van der Waals surface area contributed by atoms with Crippen molar-refractivity contribution in [1.82, 2.24) is 0 Å². The van der Waals surface area contributed by atoms with Gasteiger partial charge >= 0.3 is 0 Å². The Morgan fingerprint density at radius 2 is 1.33 bits per heavy atom. The number of hydrogen-bond acceptors (Lipinski definition) is 4. The maximum absolute atomic E-state index is 9.87. The standard InChI is InChI=1S/C22H36Br4O4/c1-4-14(27)9-29-20-16(23)5-12(6-17(20)24)22(2,3)13-7-18(25)21(19(26)8-13)30-11-15-10-28-15/h12-21,27H,4-11H2,1-3H3. The molecular formula is C22H36Br4O4. The number of hydrogen-bond donors (Lipinski definition) is 1. The monoisotopic (exact) mass is 680 g/mol. The first kappa shape index (κ1) is 26.4. The molecule has 30 heavy (non-hydrogen) atoms. The van der Waals surface area contributed by atoms with E-state index in [2.05, 4.69) is 77.6 Å². The maximum Gasteiger partial charge on any atom is 0.104 e. The Morgan fingerprint density at radius 1 is 0.900 bits per heavy atom. The Hall–Kier alpha value is 1.76. The lowest BCUT2D eigenvalue weighted by Gasteiger charge is -2.50. The van der Waals surface area contributed by atoms with E-state index in [0.29, 0.717) is 50.5 Å². The molecule has 0 aromatic heterocycles. The normalized spacial score (nSPS) is 43.4. The van der Waals surface area contributed by atoms with Crippen LogP contribution < -0.4 is 0 Å². The van der Waals surface area contributed by atoms with Gasteiger partial charge in [-0.15, -0.1) is 0 Å². The van der Waals surface area contributed by atoms with Crippen LogP contribution in [0.4, 0.5) is 0 Å². The summed E-state index contributed by atoms with van der Waals surface area (Å²) in [4.78, 5) is 1.30. The Kier molecular flexibility index (Phi) is 10.1. The number of alkyl halides is 4. The number of aliphatic hydroxyl groups excluding tert-OH is 1. The van der Waals surface area contributed by atoms with Crippen LogP contribution >= 0.6 is 63.7 Å². The van der Waals surface area contributed by atoms with Crippen molar-refractivity contribution in [2.75, 3.05) is 19.8 Å². The van der Waals surface area contributed by atoms with Gasteiger partial charge < -0.3 is 19.3 Å². The molecule has 0 amide bonds. The minimum Gasteiger partial charge on any atom is -0.391 e. The molecular weight excluding hydrogens is 648 g/mol. The zero-order valence-electron chi connectivity index (χ0n) is 18.1. The van der Waals surface area contributed by atoms with Crippen LogP contribution in [-0.4, -0.2) is 68.7 Å². The van der Waals surface area contributed by atoms with E-state index in [-0.39, 0.29) is 23.7 Å². The van der Waals surface area contributed by atoms with E-state index >= 15 is 0 Å². The van der Waals surface area contributed by atoms with Crippen molar-refractivity contribution < 1.29 is 19.3 Å². The summed E-state index contributed by atoms with van der Waals surface area (Å²) < 4.78 is 17.6. The fourth-order valence-corrected chi connectivity index (χ4v) is 9.67. The number of rotatable bonds is 9. The van der Waals surface area contributed by atoms with Gasteiger partial charge in [0.05, 0.1) is 38.1 Å². The van der Waals surface area contributed by atoms with Crippen LogP contribution in [0.2, 0.25) is 0 Å². The zero-order chi connectivity index (χ0) is 22.1. The second-order valence-electron chi connectivity index (χ2n) is 9.84. The first-order chi connectivity index (χ1) is 14.1. The number of aliphatic hydroxyl groups is 1. The third kappa shape index (κ3) is 6.67. The largest absolute Gasteiger partial charge is 0.391 e. The van der Waals surface area contributed by atoms with Crippen LogP contribution in [0.1, 0.15) is 52.9 Å². The fraction of sp³-hybridized carbons (Fsp3) is 1.00. The predicted molar refractivity (Wildman–Crippen MR) is 136 cm³/mol. The van der Waals surface area contributed by atoms with Crippen molar-refractivity contribution in [2.45, 2.75) is 96.6 Å². The molecule has 3 fully saturated rings. The average Bonchev–Trinajstić information content (AvgIpc) is 3.50. The first-order valence-electron chi connectivity index (χ1n) is 11.2. The van der Waals surface area contributed by atoms with Gasteiger partial charge in [0.25, 0.3) is 0 Å². The van der Waals surface area contributed by atoms with Crippen molar-refractivity contribution >= 4 is 63.7 Å². The zero-order valence-corrected chi connectivity index (χ0v) is 24.5. The highest BCUT2D eigenvalue weighted by Crippen LogP contribution is 2.52. The smallest absolute Gasteiger partial charge is 0.104 e. The molecule has 8 heteroatoms. The topological polar surface area (TPSA) is 51.2 Å². The van der Waals surface area contributed by atoms with Gasteiger partial charge in [-0.25, -0.2) is 0 Å². The molecule has 3 aliphatic rings. The molecule has 2 aliphatic carbocycles. The van der Waals surface area contributed by atoms with Crippen LogP contribution in [0.3, 0.4) is 0 Å². The van der Waals surface area contributed by atoms with Gasteiger partial charge in [0.2, 0.25) is 0 Å². The van der Waals surface area contributed by atoms with E-state index in [1.807, 2.05) is 6.92 Å². The Labute approximate surface area is 215 Å². The van der Waals surface area contributed by atoms with Crippen molar-refractivity contribution in [3.63, 3.8) is 0 Å². The summed E-state index contributed by atoms with van der Waals surface area (Å²) in [6.45, 7) is 8.83. The third-order valence-electron chi connectivity index (χ3n) is 7.40. The molecule has 6 atom stereocenters. The molecule has 0 spiro atoms. The van der Waals surface area contributed by atoms with Crippen molar-refractivity contribution in [3.05, 3.63) is 0 Å². The SMILES string of the molecule is CCC(O)COC1C(Br)CC(C(C)(C)C2CC(Br)C(OCC3CO3)C(Br)C2)CC1Br. The molecule has 6 unspecified atom stereocenters. The molecule has 0 aromatic rings. The minimum atomic E-state index is -0.380. The highest BCUT2D eigenvalue weighted by molar-refractivity contribution is 9.10. The Bertz CT molecular complexity index is 523. The quantitative estimate of drug-likeness (QED) is 0.246. The van der Waals surface area contributed by atoms with Gasteiger partial charge in [-0.1, -0.05) is 84.5 Å². The van der Waals surface area contributed by atoms with E-state index in [0.717, 1.165) is 38.7 Å². The molecule has 0 aromatic carbocycles. The molecule has 1 heterocycles. The summed E-state index contributed by atoms with van der Waals surface area (Å²) in [7, 11) is 0. The molecule has 4 nitrogen and oxygen atoms in total. The summed E-state index contributed by atoms with van der Waals surface area (Å²) >= 11 is 15.7. The summed E-state index contributed by atoms with van der Waals surface area (Å²) in [5, 5.41) is 9.87. The first-order valence-corrected chi connectivity index (χ1v) is 14.9. The molecule has 2 saturated carbocycles. The van der Waals surface area contributed by atoms with Crippen molar-refractivity contribution in [1.29, 1.82) is 0 Å². The van der Waals surface area contributed by atoms with Crippen LogP contribution in [0.25, 0.3) is 0 Å². The number of epoxide rings is 1. The maximum atomic E-state index is 9.87. The molecule has 0 radical (unpaired) electrons. The van der Waals surface area contributed by atoms with Crippen LogP contribution in [0.5, 0.6) is 0 Å². The average molecular weight is 684 g/mol. The van der Waals surface area contributed by atoms with E-state index in [1.54, 1.807) is 0 Å². The van der Waals surface area contributed by atoms with Gasteiger partial charge in [-0.2, -0.15) is 0 Å². The van der Waals surface area contributed by atoms with E-state index in [9.17, 15) is 5.11 Å². The van der Waals surface area contributed by atoms with E-state index < -0.39 is 0 Å². The molecule has 1 saturated heterocycles. The van der Waals surface area contributed by atoms with Gasteiger partial charge in [0, 0.05) is 19.3 Å². The fourth-order valence-electron chi connectivity index (χ4n) is 4.96. The third-order valence-corrected chi connectivity index (χ3v) is 11.0. The lowest BCUT2D eigenvalue weighted by molar-refractivity contribution is -0.0429. The number of halogens is 4. The second kappa shape index (κ2) is 11.5. The summed E-state index contributed by atoms with van der Waals surface area (Å²) in [6.07, 6.45) is 5.39. The van der Waals surface area contributed by atoms with Gasteiger partial charge in [-0.05, 0) is 49.4 Å². The van der Waals surface area contributed by atoms with Crippen molar-refractivity contribution in [2.24, 2.45) is 17.3 Å². The van der Waals surface area contributed by atoms with Crippen LogP contribution in [-0.2, 0) is 14.2 Å². The lowest BCUT2D eigenvalue weighted by Crippen LogP contribution is -2.50. The highest BCUT2D eigenvalue weighted by Gasteiger charge is 2.49. The predicted octanol–water partition coefficient (Wildman–Crippen LogP) is 5.83. The highest BCUT2D eigenvalue weighted by atomic mass is 79.9. The van der Waals surface area contributed by atoms with Crippen LogP contribution in [0, 0.1) is 17.3 Å². The molecule has 1 N–H and O–H groups in total. The number of ether oxygens (including phenoxy) is 3. The van der Waals surface area contributed by atoms with Gasteiger partial charge in [0.1, 0.15) is 6.10 Å². The molecule has 3 rings (SSSR count). The van der Waals surface area contributed by atoms with E-state index in [1.165, 1.54) is 0 Å². The molecule has 176 valence electrons. The van der Waals surface area contributed by atoms with Crippen molar-refractivity contribution in [3.8, 4) is 0 Å². The summed E-state index contributed by atoms with van der Waals surface area (Å²) in [5.74, 6) is 1.22. The molecule has 0 bridgehead atoms. The Balaban J connectivity index is 1.57. The van der Waals surface area contributed by atoms with Gasteiger partial charge in [0.15, 0.2) is 0 Å². The summed E-state index contributed by atoms with van der Waals surface area (Å²) in [5.41, 5.74) is 0.217. The summed E-state index contributed by atoms with van der Waals surface area (Å²) in [6, 6.07) is 0. The van der Waals surface area contributed by atoms with Crippen LogP contribution in [0.15, 0.2) is 0 Å². The van der Waals surface area contributed by atoms with Gasteiger partial charge in [-0.3, -0.25) is 0 Å². The second-order valence-corrected chi connectivity index (χ2v) is 14.5. The van der Waals surface area contributed by atoms with E-state index in [4.69, 9.17) is 14.2 Å². The minimum absolute atomic E-state index is 0.0971. The Morgan fingerprint density at radius 3 is 1.73 bits per heavy atom.